The molecule has 0 spiro atoms. The second-order valence-electron chi connectivity index (χ2n) is 3.13. The summed E-state index contributed by atoms with van der Waals surface area (Å²) >= 11 is 0. The number of hydrogen-bond acceptors (Lipinski definition) is 5. The first-order chi connectivity index (χ1) is 7.65. The molecule has 0 amide bonds. The van der Waals surface area contributed by atoms with Gasteiger partial charge in [-0.3, -0.25) is 0 Å². The predicted molar refractivity (Wildman–Crippen MR) is 49.5 cm³/mol. The molecule has 0 aromatic heterocycles. The van der Waals surface area contributed by atoms with Gasteiger partial charge >= 0.3 is 5.97 Å². The van der Waals surface area contributed by atoms with Gasteiger partial charge in [0.25, 0.3) is 0 Å². The number of rotatable bonds is 2. The molecule has 0 saturated heterocycles. The average molecular weight is 228 g/mol. The quantitative estimate of drug-likeness (QED) is 0.757. The van der Waals surface area contributed by atoms with E-state index in [2.05, 4.69) is 4.74 Å². The molecule has 1 N–H and O–H groups in total. The highest BCUT2D eigenvalue weighted by molar-refractivity contribution is 5.76. The van der Waals surface area contributed by atoms with Crippen LogP contribution in [0.2, 0.25) is 0 Å². The maximum Gasteiger partial charge on any atom is 0.339 e. The van der Waals surface area contributed by atoms with E-state index in [-0.39, 0.29) is 23.9 Å². The van der Waals surface area contributed by atoms with Crippen molar-refractivity contribution in [1.29, 1.82) is 0 Å². The molecule has 16 heavy (non-hydrogen) atoms. The van der Waals surface area contributed by atoms with Crippen molar-refractivity contribution < 1.29 is 28.5 Å². The van der Waals surface area contributed by atoms with Gasteiger partial charge in [0.05, 0.1) is 7.11 Å². The van der Waals surface area contributed by atoms with E-state index in [9.17, 15) is 14.3 Å². The lowest BCUT2D eigenvalue weighted by molar-refractivity contribution is -0.150. The molecule has 86 valence electrons. The minimum absolute atomic E-state index is 0.0793. The second-order valence-corrected chi connectivity index (χ2v) is 3.13. The zero-order valence-corrected chi connectivity index (χ0v) is 8.40. The molecule has 0 aliphatic carbocycles. The van der Waals surface area contributed by atoms with Gasteiger partial charge in [-0.2, -0.15) is 0 Å². The fourth-order valence-electron chi connectivity index (χ4n) is 1.40. The maximum absolute atomic E-state index is 13.7. The van der Waals surface area contributed by atoms with E-state index in [1.165, 1.54) is 12.1 Å². The summed E-state index contributed by atoms with van der Waals surface area (Å²) in [7, 11) is 1.11. The van der Waals surface area contributed by atoms with E-state index in [4.69, 9.17) is 9.47 Å². The van der Waals surface area contributed by atoms with Gasteiger partial charge < -0.3 is 19.3 Å². The van der Waals surface area contributed by atoms with Gasteiger partial charge in [0, 0.05) is 5.56 Å². The van der Waals surface area contributed by atoms with Crippen molar-refractivity contribution in [2.24, 2.45) is 0 Å². The van der Waals surface area contributed by atoms with E-state index in [1.807, 2.05) is 0 Å². The van der Waals surface area contributed by atoms with Crippen molar-refractivity contribution in [3.63, 3.8) is 0 Å². The van der Waals surface area contributed by atoms with Crippen LogP contribution in [0.1, 0.15) is 11.7 Å². The summed E-state index contributed by atoms with van der Waals surface area (Å²) in [6.07, 6.45) is -1.67. The number of aliphatic hydroxyl groups is 1. The van der Waals surface area contributed by atoms with E-state index in [1.54, 1.807) is 0 Å². The number of hydrogen-bond donors (Lipinski definition) is 1. The fourth-order valence-corrected chi connectivity index (χ4v) is 1.40. The van der Waals surface area contributed by atoms with Crippen LogP contribution in [-0.4, -0.2) is 25.0 Å². The SMILES string of the molecule is COC(=O)C(O)c1ccc2c(c1F)OCO2. The summed E-state index contributed by atoms with van der Waals surface area (Å²) in [6.45, 7) is -0.0793. The summed E-state index contributed by atoms with van der Waals surface area (Å²) in [5, 5.41) is 9.49. The smallest absolute Gasteiger partial charge is 0.339 e. The lowest BCUT2D eigenvalue weighted by atomic mass is 10.1. The molecule has 1 atom stereocenters. The zero-order chi connectivity index (χ0) is 11.7. The molecular weight excluding hydrogens is 219 g/mol. The van der Waals surface area contributed by atoms with Gasteiger partial charge in [-0.05, 0) is 12.1 Å². The Balaban J connectivity index is 2.39. The van der Waals surface area contributed by atoms with Crippen LogP contribution in [-0.2, 0) is 9.53 Å². The number of carbonyl (C=O) groups is 1. The molecule has 1 aromatic carbocycles. The Morgan fingerprint density at radius 2 is 2.31 bits per heavy atom. The van der Waals surface area contributed by atoms with E-state index in [0.29, 0.717) is 0 Å². The number of aliphatic hydroxyl groups excluding tert-OH is 1. The third kappa shape index (κ3) is 1.57. The van der Waals surface area contributed by atoms with Crippen molar-refractivity contribution in [2.45, 2.75) is 6.10 Å². The Morgan fingerprint density at radius 1 is 1.56 bits per heavy atom. The predicted octanol–water partition coefficient (Wildman–Crippen LogP) is 0.761. The molecule has 0 fully saturated rings. The number of fused-ring (bicyclic) bond motifs is 1. The Hall–Kier alpha value is -1.82. The molecule has 1 unspecified atom stereocenters. The van der Waals surface area contributed by atoms with Crippen LogP contribution < -0.4 is 9.47 Å². The second kappa shape index (κ2) is 3.97. The Labute approximate surface area is 90.3 Å². The van der Waals surface area contributed by atoms with Crippen molar-refractivity contribution in [2.75, 3.05) is 13.9 Å². The topological polar surface area (TPSA) is 65.0 Å². The van der Waals surface area contributed by atoms with Crippen LogP contribution in [0.3, 0.4) is 0 Å². The molecule has 1 heterocycles. The Bertz CT molecular complexity index is 431. The molecule has 1 aliphatic rings. The van der Waals surface area contributed by atoms with Gasteiger partial charge in [0.1, 0.15) is 0 Å². The first-order valence-corrected chi connectivity index (χ1v) is 4.49. The molecular formula is C10H9FO5. The summed E-state index contributed by atoms with van der Waals surface area (Å²) < 4.78 is 27.9. The van der Waals surface area contributed by atoms with Gasteiger partial charge in [-0.1, -0.05) is 0 Å². The van der Waals surface area contributed by atoms with Crippen LogP contribution in [0.5, 0.6) is 11.5 Å². The van der Waals surface area contributed by atoms with Crippen molar-refractivity contribution in [3.05, 3.63) is 23.5 Å². The van der Waals surface area contributed by atoms with Crippen LogP contribution >= 0.6 is 0 Å². The highest BCUT2D eigenvalue weighted by atomic mass is 19.1. The summed E-state index contributed by atoms with van der Waals surface area (Å²) in [5.41, 5.74) is -0.198. The van der Waals surface area contributed by atoms with Gasteiger partial charge in [0.2, 0.25) is 12.5 Å². The van der Waals surface area contributed by atoms with E-state index in [0.717, 1.165) is 7.11 Å². The first-order valence-electron chi connectivity index (χ1n) is 4.49. The number of esters is 1. The van der Waals surface area contributed by atoms with Crippen LogP contribution in [0.25, 0.3) is 0 Å². The highest BCUT2D eigenvalue weighted by Crippen LogP contribution is 2.38. The van der Waals surface area contributed by atoms with Gasteiger partial charge in [0.15, 0.2) is 17.7 Å². The monoisotopic (exact) mass is 228 g/mol. The summed E-state index contributed by atoms with van der Waals surface area (Å²) in [5.74, 6) is -1.59. The zero-order valence-electron chi connectivity index (χ0n) is 8.40. The minimum atomic E-state index is -1.67. The number of benzene rings is 1. The Morgan fingerprint density at radius 3 is 3.00 bits per heavy atom. The summed E-state index contributed by atoms with van der Waals surface area (Å²) in [6, 6.07) is 2.68. The summed E-state index contributed by atoms with van der Waals surface area (Å²) in [4.78, 5) is 11.1. The average Bonchev–Trinajstić information content (AvgIpc) is 2.76. The molecule has 6 heteroatoms. The third-order valence-corrected chi connectivity index (χ3v) is 2.23. The number of carbonyl (C=O) groups excluding carboxylic acids is 1. The van der Waals surface area contributed by atoms with Crippen molar-refractivity contribution >= 4 is 5.97 Å². The van der Waals surface area contributed by atoms with Crippen molar-refractivity contribution in [1.82, 2.24) is 0 Å². The number of ether oxygens (including phenoxy) is 3. The van der Waals surface area contributed by atoms with Gasteiger partial charge in [-0.25, -0.2) is 9.18 Å². The lowest BCUT2D eigenvalue weighted by Crippen LogP contribution is -2.15. The standard InChI is InChI=1S/C10H9FO5/c1-14-10(13)8(12)5-2-3-6-9(7(5)11)16-4-15-6/h2-3,8,12H,4H2,1H3. The lowest BCUT2D eigenvalue weighted by Gasteiger charge is -2.10. The molecule has 1 aromatic rings. The van der Waals surface area contributed by atoms with Gasteiger partial charge in [-0.15, -0.1) is 0 Å². The normalized spacial score (nSPS) is 14.7. The number of halogens is 1. The fraction of sp³-hybridized carbons (Fsp3) is 0.300. The Kier molecular flexibility index (Phi) is 2.66. The van der Waals surface area contributed by atoms with Crippen LogP contribution in [0.15, 0.2) is 12.1 Å². The first kappa shape index (κ1) is 10.7. The molecule has 0 saturated carbocycles. The molecule has 0 bridgehead atoms. The molecule has 1 aliphatic heterocycles. The number of methoxy groups -OCH3 is 1. The van der Waals surface area contributed by atoms with E-state index < -0.39 is 17.9 Å². The van der Waals surface area contributed by atoms with Crippen LogP contribution in [0.4, 0.5) is 4.39 Å². The van der Waals surface area contributed by atoms with E-state index >= 15 is 0 Å². The molecule has 0 radical (unpaired) electrons. The third-order valence-electron chi connectivity index (χ3n) is 2.23. The molecule has 2 rings (SSSR count). The minimum Gasteiger partial charge on any atom is -0.467 e. The highest BCUT2D eigenvalue weighted by Gasteiger charge is 2.28. The van der Waals surface area contributed by atoms with Crippen LogP contribution in [0, 0.1) is 5.82 Å². The maximum atomic E-state index is 13.7. The largest absolute Gasteiger partial charge is 0.467 e. The van der Waals surface area contributed by atoms with Crippen molar-refractivity contribution in [3.8, 4) is 11.5 Å². The molecule has 5 nitrogen and oxygen atoms in total.